The number of aromatic amines is 1. The van der Waals surface area contributed by atoms with Crippen LogP contribution in [-0.2, 0) is 0 Å². The molecule has 0 aromatic carbocycles. The van der Waals surface area contributed by atoms with Crippen LogP contribution in [0, 0.1) is 0 Å². The molecule has 0 unspecified atom stereocenters. The van der Waals surface area contributed by atoms with Gasteiger partial charge in [-0.25, -0.2) is 4.79 Å². The van der Waals surface area contributed by atoms with E-state index < -0.39 is 5.97 Å². The van der Waals surface area contributed by atoms with Gasteiger partial charge in [0, 0.05) is 24.0 Å². The number of nitrogens with one attached hydrogen (secondary N) is 1. The highest BCUT2D eigenvalue weighted by molar-refractivity contribution is 6.01. The van der Waals surface area contributed by atoms with Gasteiger partial charge >= 0.3 is 5.97 Å². The molecule has 60 valence electrons. The third-order valence-corrected chi connectivity index (χ3v) is 1.70. The number of hydrogen-bond acceptors (Lipinski definition) is 2. The van der Waals surface area contributed by atoms with Gasteiger partial charge < -0.3 is 10.1 Å². The number of carbonyl (C=O) groups is 1. The maximum absolute atomic E-state index is 10.7. The molecular formula is C8H6N2O2. The number of aromatic carboxylic acids is 1. The highest BCUT2D eigenvalue weighted by Crippen LogP contribution is 2.14. The summed E-state index contributed by atoms with van der Waals surface area (Å²) in [4.78, 5) is 17.3. The molecule has 4 heteroatoms. The molecule has 0 fully saturated rings. The van der Waals surface area contributed by atoms with E-state index in [-0.39, 0.29) is 5.56 Å². The zero-order valence-electron chi connectivity index (χ0n) is 6.11. The minimum absolute atomic E-state index is 0.206. The van der Waals surface area contributed by atoms with Crippen molar-refractivity contribution in [3.8, 4) is 0 Å². The van der Waals surface area contributed by atoms with Crippen LogP contribution in [0.5, 0.6) is 0 Å². The van der Waals surface area contributed by atoms with E-state index in [1.165, 1.54) is 6.20 Å². The Balaban J connectivity index is 2.82. The summed E-state index contributed by atoms with van der Waals surface area (Å²) in [5.74, 6) is -0.962. The molecule has 0 saturated heterocycles. The van der Waals surface area contributed by atoms with E-state index in [2.05, 4.69) is 9.97 Å². The van der Waals surface area contributed by atoms with Crippen molar-refractivity contribution in [2.24, 2.45) is 0 Å². The zero-order valence-corrected chi connectivity index (χ0v) is 6.11. The lowest BCUT2D eigenvalue weighted by molar-refractivity contribution is 0.0698. The number of H-pyrrole nitrogens is 1. The van der Waals surface area contributed by atoms with Crippen LogP contribution in [0.25, 0.3) is 10.9 Å². The molecule has 0 saturated carbocycles. The Hall–Kier alpha value is -1.84. The van der Waals surface area contributed by atoms with E-state index in [4.69, 9.17) is 5.11 Å². The first kappa shape index (κ1) is 6.84. The fourth-order valence-corrected chi connectivity index (χ4v) is 1.14. The molecule has 0 radical (unpaired) electrons. The van der Waals surface area contributed by atoms with Crippen molar-refractivity contribution in [2.75, 3.05) is 0 Å². The molecule has 12 heavy (non-hydrogen) atoms. The highest BCUT2D eigenvalue weighted by atomic mass is 16.4. The molecule has 2 aromatic heterocycles. The average molecular weight is 162 g/mol. The molecule has 4 nitrogen and oxygen atoms in total. The number of hydrogen-bond donors (Lipinski definition) is 2. The maximum Gasteiger partial charge on any atom is 0.339 e. The Bertz CT molecular complexity index is 433. The molecule has 2 N–H and O–H groups in total. The number of carboxylic acids is 1. The summed E-state index contributed by atoms with van der Waals surface area (Å²) < 4.78 is 0. The molecule has 0 aliphatic rings. The van der Waals surface area contributed by atoms with E-state index in [1.807, 2.05) is 0 Å². The Kier molecular flexibility index (Phi) is 1.33. The number of aromatic nitrogens is 2. The average Bonchev–Trinajstić information content (AvgIpc) is 2.49. The lowest BCUT2D eigenvalue weighted by atomic mass is 10.2. The molecule has 2 heterocycles. The predicted molar refractivity (Wildman–Crippen MR) is 43.1 cm³/mol. The minimum Gasteiger partial charge on any atom is -0.478 e. The van der Waals surface area contributed by atoms with Crippen LogP contribution in [0.15, 0.2) is 24.7 Å². The van der Waals surface area contributed by atoms with Crippen LogP contribution in [0.4, 0.5) is 0 Å². The van der Waals surface area contributed by atoms with Crippen molar-refractivity contribution in [3.63, 3.8) is 0 Å². The third kappa shape index (κ3) is 0.852. The van der Waals surface area contributed by atoms with Gasteiger partial charge in [-0.1, -0.05) is 0 Å². The largest absolute Gasteiger partial charge is 0.478 e. The van der Waals surface area contributed by atoms with Gasteiger partial charge in [-0.2, -0.15) is 0 Å². The number of pyridine rings is 1. The highest BCUT2D eigenvalue weighted by Gasteiger charge is 2.08. The number of fused-ring (bicyclic) bond motifs is 1. The van der Waals surface area contributed by atoms with Gasteiger partial charge in [0.25, 0.3) is 0 Å². The van der Waals surface area contributed by atoms with Gasteiger partial charge in [-0.05, 0) is 6.07 Å². The van der Waals surface area contributed by atoms with Gasteiger partial charge in [0.1, 0.15) is 5.56 Å². The first-order valence-electron chi connectivity index (χ1n) is 3.43. The van der Waals surface area contributed by atoms with Crippen molar-refractivity contribution in [3.05, 3.63) is 30.2 Å². The standard InChI is InChI=1S/C8H6N2O2/c11-8(12)6-4-9-3-5-1-2-10-7(5)6/h1-4,10H,(H,11,12). The fourth-order valence-electron chi connectivity index (χ4n) is 1.14. The monoisotopic (exact) mass is 162 g/mol. The second kappa shape index (κ2) is 2.34. The Morgan fingerprint density at radius 2 is 2.33 bits per heavy atom. The summed E-state index contributed by atoms with van der Waals surface area (Å²) >= 11 is 0. The lowest BCUT2D eigenvalue weighted by Crippen LogP contribution is -1.97. The molecule has 0 amide bonds. The molecule has 0 aliphatic heterocycles. The molecule has 0 aliphatic carbocycles. The molecular weight excluding hydrogens is 156 g/mol. The van der Waals surface area contributed by atoms with E-state index in [0.29, 0.717) is 5.52 Å². The second-order valence-corrected chi connectivity index (χ2v) is 2.43. The van der Waals surface area contributed by atoms with Crippen molar-refractivity contribution >= 4 is 16.9 Å². The van der Waals surface area contributed by atoms with Gasteiger partial charge in [-0.15, -0.1) is 0 Å². The SMILES string of the molecule is O=C(O)c1cncc2cc[nH]c12. The quantitative estimate of drug-likeness (QED) is 0.663. The second-order valence-electron chi connectivity index (χ2n) is 2.43. The van der Waals surface area contributed by atoms with Crippen molar-refractivity contribution < 1.29 is 9.90 Å². The van der Waals surface area contributed by atoms with E-state index in [9.17, 15) is 4.79 Å². The Labute approximate surface area is 67.9 Å². The summed E-state index contributed by atoms with van der Waals surface area (Å²) in [5, 5.41) is 9.56. The van der Waals surface area contributed by atoms with E-state index in [0.717, 1.165) is 5.39 Å². The van der Waals surface area contributed by atoms with Gasteiger partial charge in [-0.3, -0.25) is 4.98 Å². The van der Waals surface area contributed by atoms with Crippen molar-refractivity contribution in [1.29, 1.82) is 0 Å². The molecule has 0 atom stereocenters. The van der Waals surface area contributed by atoms with Gasteiger partial charge in [0.15, 0.2) is 0 Å². The predicted octanol–water partition coefficient (Wildman–Crippen LogP) is 1.26. The Morgan fingerprint density at radius 3 is 3.08 bits per heavy atom. The van der Waals surface area contributed by atoms with E-state index in [1.54, 1.807) is 18.5 Å². The number of nitrogens with zero attached hydrogens (tertiary/aromatic N) is 1. The third-order valence-electron chi connectivity index (χ3n) is 1.70. The van der Waals surface area contributed by atoms with Crippen LogP contribution in [-0.4, -0.2) is 21.0 Å². The van der Waals surface area contributed by atoms with E-state index >= 15 is 0 Å². The van der Waals surface area contributed by atoms with Gasteiger partial charge in [0.2, 0.25) is 0 Å². The zero-order chi connectivity index (χ0) is 8.55. The smallest absolute Gasteiger partial charge is 0.339 e. The number of carboxylic acid groups (broad SMARTS) is 1. The van der Waals surface area contributed by atoms with Crippen LogP contribution < -0.4 is 0 Å². The summed E-state index contributed by atoms with van der Waals surface area (Å²) in [7, 11) is 0. The van der Waals surface area contributed by atoms with Gasteiger partial charge in [0.05, 0.1) is 5.52 Å². The van der Waals surface area contributed by atoms with Crippen LogP contribution in [0.3, 0.4) is 0 Å². The lowest BCUT2D eigenvalue weighted by Gasteiger charge is -1.94. The summed E-state index contributed by atoms with van der Waals surface area (Å²) in [6, 6.07) is 1.79. The maximum atomic E-state index is 10.7. The first-order valence-corrected chi connectivity index (χ1v) is 3.43. The molecule has 2 aromatic rings. The molecule has 2 rings (SSSR count). The summed E-state index contributed by atoms with van der Waals surface area (Å²) in [5.41, 5.74) is 0.829. The first-order chi connectivity index (χ1) is 5.79. The van der Waals surface area contributed by atoms with Crippen molar-refractivity contribution in [2.45, 2.75) is 0 Å². The normalized spacial score (nSPS) is 10.3. The van der Waals surface area contributed by atoms with Crippen LogP contribution >= 0.6 is 0 Å². The topological polar surface area (TPSA) is 66.0 Å². The fraction of sp³-hybridized carbons (Fsp3) is 0. The molecule has 0 spiro atoms. The minimum atomic E-state index is -0.962. The molecule has 0 bridgehead atoms. The summed E-state index contributed by atoms with van der Waals surface area (Å²) in [6.45, 7) is 0. The van der Waals surface area contributed by atoms with Crippen LogP contribution in [0.2, 0.25) is 0 Å². The Morgan fingerprint density at radius 1 is 1.50 bits per heavy atom. The summed E-state index contributed by atoms with van der Waals surface area (Å²) in [6.07, 6.45) is 4.65. The van der Waals surface area contributed by atoms with Crippen LogP contribution in [0.1, 0.15) is 10.4 Å². The number of rotatable bonds is 1. The van der Waals surface area contributed by atoms with Crippen molar-refractivity contribution in [1.82, 2.24) is 9.97 Å².